The van der Waals surface area contributed by atoms with Gasteiger partial charge in [0.05, 0.1) is 6.61 Å². The number of hydrogen-bond acceptors (Lipinski definition) is 4. The first kappa shape index (κ1) is 9.22. The van der Waals surface area contributed by atoms with E-state index < -0.39 is 0 Å². The van der Waals surface area contributed by atoms with Crippen LogP contribution in [0, 0.1) is 0 Å². The Kier molecular flexibility index (Phi) is 1.80. The Morgan fingerprint density at radius 3 is 3.06 bits per heavy atom. The van der Waals surface area contributed by atoms with Crippen molar-refractivity contribution >= 4 is 0 Å². The Balaban J connectivity index is 1.72. The minimum absolute atomic E-state index is 0.533. The number of fused-ring (bicyclic) bond motifs is 1. The largest absolute Gasteiger partial charge is 0.493 e. The van der Waals surface area contributed by atoms with E-state index in [-0.39, 0.29) is 0 Å². The lowest BCUT2D eigenvalue weighted by atomic mass is 10.1. The van der Waals surface area contributed by atoms with E-state index in [0.29, 0.717) is 11.8 Å². The van der Waals surface area contributed by atoms with Crippen molar-refractivity contribution in [2.24, 2.45) is 0 Å². The summed E-state index contributed by atoms with van der Waals surface area (Å²) in [6, 6.07) is 6.06. The minimum atomic E-state index is 0.533. The summed E-state index contributed by atoms with van der Waals surface area (Å²) in [6.07, 6.45) is 3.35. The molecule has 0 amide bonds. The number of nitrogens with zero attached hydrogens (tertiary/aromatic N) is 2. The van der Waals surface area contributed by atoms with Gasteiger partial charge in [-0.1, -0.05) is 5.16 Å². The molecule has 4 heteroatoms. The molecule has 1 aromatic carbocycles. The maximum absolute atomic E-state index is 5.48. The topological polar surface area (TPSA) is 48.2 Å². The molecule has 17 heavy (non-hydrogen) atoms. The van der Waals surface area contributed by atoms with Gasteiger partial charge in [-0.2, -0.15) is 4.98 Å². The highest BCUT2D eigenvalue weighted by molar-refractivity contribution is 5.58. The molecule has 2 heterocycles. The molecule has 0 saturated heterocycles. The predicted molar refractivity (Wildman–Crippen MR) is 60.9 cm³/mol. The van der Waals surface area contributed by atoms with Gasteiger partial charge in [0, 0.05) is 17.9 Å². The standard InChI is InChI=1S/C13H12N2O2/c1-2-8(1)12-14-13(17-15-12)10-3-4-11-9(7-10)5-6-16-11/h3-4,7-8H,1-2,5-6H2. The number of aromatic nitrogens is 2. The van der Waals surface area contributed by atoms with Gasteiger partial charge in [0.1, 0.15) is 5.75 Å². The molecule has 1 saturated carbocycles. The minimum Gasteiger partial charge on any atom is -0.493 e. The lowest BCUT2D eigenvalue weighted by molar-refractivity contribution is 0.357. The number of hydrogen-bond donors (Lipinski definition) is 0. The van der Waals surface area contributed by atoms with E-state index >= 15 is 0 Å². The fourth-order valence-electron chi connectivity index (χ4n) is 2.18. The first-order valence-electron chi connectivity index (χ1n) is 6.00. The second-order valence-corrected chi connectivity index (χ2v) is 4.65. The van der Waals surface area contributed by atoms with Crippen molar-refractivity contribution in [1.29, 1.82) is 0 Å². The van der Waals surface area contributed by atoms with Gasteiger partial charge in [-0.3, -0.25) is 0 Å². The Hall–Kier alpha value is -1.84. The Labute approximate surface area is 98.6 Å². The number of benzene rings is 1. The smallest absolute Gasteiger partial charge is 0.257 e. The van der Waals surface area contributed by atoms with E-state index in [9.17, 15) is 0 Å². The second kappa shape index (κ2) is 3.32. The van der Waals surface area contributed by atoms with E-state index in [2.05, 4.69) is 16.2 Å². The molecule has 0 unspecified atom stereocenters. The van der Waals surface area contributed by atoms with Crippen LogP contribution in [-0.2, 0) is 6.42 Å². The summed E-state index contributed by atoms with van der Waals surface area (Å²) in [6.45, 7) is 0.774. The highest BCUT2D eigenvalue weighted by Crippen LogP contribution is 2.39. The van der Waals surface area contributed by atoms with Crippen LogP contribution in [-0.4, -0.2) is 16.7 Å². The third-order valence-corrected chi connectivity index (χ3v) is 3.32. The van der Waals surface area contributed by atoms with E-state index in [4.69, 9.17) is 9.26 Å². The SMILES string of the molecule is c1cc2c(cc1-c1nc(C3CC3)no1)CCO2. The van der Waals surface area contributed by atoms with Gasteiger partial charge in [-0.05, 0) is 36.6 Å². The van der Waals surface area contributed by atoms with Crippen LogP contribution < -0.4 is 4.74 Å². The Morgan fingerprint density at radius 1 is 1.24 bits per heavy atom. The first-order valence-corrected chi connectivity index (χ1v) is 6.00. The summed E-state index contributed by atoms with van der Waals surface area (Å²) in [5.74, 6) is 3.00. The highest BCUT2D eigenvalue weighted by Gasteiger charge is 2.29. The average molecular weight is 228 g/mol. The summed E-state index contributed by atoms with van der Waals surface area (Å²) in [5, 5.41) is 4.03. The van der Waals surface area contributed by atoms with Gasteiger partial charge in [0.15, 0.2) is 5.82 Å². The van der Waals surface area contributed by atoms with Crippen LogP contribution in [0.25, 0.3) is 11.5 Å². The second-order valence-electron chi connectivity index (χ2n) is 4.65. The maximum atomic E-state index is 5.48. The monoisotopic (exact) mass is 228 g/mol. The normalized spacial score (nSPS) is 17.9. The third-order valence-electron chi connectivity index (χ3n) is 3.32. The summed E-state index contributed by atoms with van der Waals surface area (Å²) < 4.78 is 10.8. The molecule has 1 aliphatic carbocycles. The summed E-state index contributed by atoms with van der Waals surface area (Å²) >= 11 is 0. The molecule has 0 radical (unpaired) electrons. The summed E-state index contributed by atoms with van der Waals surface area (Å²) in [4.78, 5) is 4.45. The number of rotatable bonds is 2. The fraction of sp³-hybridized carbons (Fsp3) is 0.385. The molecule has 0 bridgehead atoms. The van der Waals surface area contributed by atoms with Crippen LogP contribution in [0.4, 0.5) is 0 Å². The van der Waals surface area contributed by atoms with Crippen LogP contribution >= 0.6 is 0 Å². The Bertz CT molecular complexity index is 573. The van der Waals surface area contributed by atoms with Crippen molar-refractivity contribution in [3.63, 3.8) is 0 Å². The van der Waals surface area contributed by atoms with Crippen molar-refractivity contribution in [1.82, 2.24) is 10.1 Å². The fourth-order valence-corrected chi connectivity index (χ4v) is 2.18. The van der Waals surface area contributed by atoms with Gasteiger partial charge in [-0.25, -0.2) is 0 Å². The van der Waals surface area contributed by atoms with Crippen LogP contribution in [0.5, 0.6) is 5.75 Å². The lowest BCUT2D eigenvalue weighted by Gasteiger charge is -1.99. The van der Waals surface area contributed by atoms with Crippen molar-refractivity contribution in [3.8, 4) is 17.2 Å². The van der Waals surface area contributed by atoms with Crippen LogP contribution in [0.1, 0.15) is 30.1 Å². The van der Waals surface area contributed by atoms with E-state index in [1.54, 1.807) is 0 Å². The van der Waals surface area contributed by atoms with Gasteiger partial charge in [0.25, 0.3) is 5.89 Å². The molecule has 4 rings (SSSR count). The molecule has 0 N–H and O–H groups in total. The van der Waals surface area contributed by atoms with E-state index in [0.717, 1.165) is 30.2 Å². The van der Waals surface area contributed by atoms with E-state index in [1.807, 2.05) is 12.1 Å². The van der Waals surface area contributed by atoms with Crippen LogP contribution in [0.2, 0.25) is 0 Å². The summed E-state index contributed by atoms with van der Waals surface area (Å²) in [7, 11) is 0. The van der Waals surface area contributed by atoms with Crippen LogP contribution in [0.15, 0.2) is 22.7 Å². The van der Waals surface area contributed by atoms with Gasteiger partial charge < -0.3 is 9.26 Å². The third kappa shape index (κ3) is 1.52. The average Bonchev–Trinajstić information content (AvgIpc) is 2.93. The van der Waals surface area contributed by atoms with Crippen LogP contribution in [0.3, 0.4) is 0 Å². The first-order chi connectivity index (χ1) is 8.40. The number of ether oxygens (including phenoxy) is 1. The quantitative estimate of drug-likeness (QED) is 0.792. The Morgan fingerprint density at radius 2 is 2.18 bits per heavy atom. The molecule has 2 aliphatic rings. The molecule has 0 spiro atoms. The molecular weight excluding hydrogens is 216 g/mol. The zero-order valence-electron chi connectivity index (χ0n) is 9.35. The molecule has 1 aliphatic heterocycles. The van der Waals surface area contributed by atoms with Crippen molar-refractivity contribution < 1.29 is 9.26 Å². The molecule has 0 atom stereocenters. The van der Waals surface area contributed by atoms with Gasteiger partial charge in [-0.15, -0.1) is 0 Å². The molecule has 1 fully saturated rings. The summed E-state index contributed by atoms with van der Waals surface area (Å²) in [5.41, 5.74) is 2.22. The van der Waals surface area contributed by atoms with Crippen molar-refractivity contribution in [3.05, 3.63) is 29.6 Å². The van der Waals surface area contributed by atoms with Gasteiger partial charge >= 0.3 is 0 Å². The predicted octanol–water partition coefficient (Wildman–Crippen LogP) is 2.55. The van der Waals surface area contributed by atoms with Crippen molar-refractivity contribution in [2.45, 2.75) is 25.2 Å². The molecular formula is C13H12N2O2. The molecule has 4 nitrogen and oxygen atoms in total. The van der Waals surface area contributed by atoms with E-state index in [1.165, 1.54) is 18.4 Å². The maximum Gasteiger partial charge on any atom is 0.257 e. The zero-order valence-corrected chi connectivity index (χ0v) is 9.35. The lowest BCUT2D eigenvalue weighted by Crippen LogP contribution is -1.85. The highest BCUT2D eigenvalue weighted by atomic mass is 16.5. The van der Waals surface area contributed by atoms with Gasteiger partial charge in [0.2, 0.25) is 0 Å². The molecule has 86 valence electrons. The zero-order chi connectivity index (χ0) is 11.2. The molecule has 2 aromatic rings. The van der Waals surface area contributed by atoms with Crippen molar-refractivity contribution in [2.75, 3.05) is 6.61 Å². The molecule has 1 aromatic heterocycles.